The molecule has 1 unspecified atom stereocenters. The predicted octanol–water partition coefficient (Wildman–Crippen LogP) is 6.11. The van der Waals surface area contributed by atoms with Crippen molar-refractivity contribution in [3.05, 3.63) is 33.8 Å². The van der Waals surface area contributed by atoms with E-state index in [2.05, 4.69) is 6.92 Å². The average molecular weight is 306 g/mol. The second-order valence-corrected chi connectivity index (χ2v) is 6.98. The molecule has 1 aliphatic carbocycles. The summed E-state index contributed by atoms with van der Waals surface area (Å²) in [5.41, 5.74) is 1.45. The Kier molecular flexibility index (Phi) is 4.86. The summed E-state index contributed by atoms with van der Waals surface area (Å²) in [5, 5.41) is 1.40. The summed E-state index contributed by atoms with van der Waals surface area (Å²) in [6, 6.07) is 5.81. The van der Waals surface area contributed by atoms with Gasteiger partial charge in [-0.25, -0.2) is 0 Å². The van der Waals surface area contributed by atoms with Crippen molar-refractivity contribution in [3.8, 4) is 0 Å². The molecule has 18 heavy (non-hydrogen) atoms. The maximum atomic E-state index is 6.65. The molecule has 0 heterocycles. The Morgan fingerprint density at radius 2 is 1.78 bits per heavy atom. The van der Waals surface area contributed by atoms with Gasteiger partial charge in [0.25, 0.3) is 0 Å². The van der Waals surface area contributed by atoms with E-state index in [0.717, 1.165) is 6.42 Å². The number of alkyl halides is 1. The molecule has 1 aliphatic rings. The zero-order valence-electron chi connectivity index (χ0n) is 10.7. The Labute approximate surface area is 125 Å². The van der Waals surface area contributed by atoms with E-state index in [-0.39, 0.29) is 10.8 Å². The number of hydrogen-bond donors (Lipinski definition) is 0. The van der Waals surface area contributed by atoms with Crippen molar-refractivity contribution in [1.29, 1.82) is 0 Å². The van der Waals surface area contributed by atoms with Crippen molar-refractivity contribution in [1.82, 2.24) is 0 Å². The molecule has 100 valence electrons. The number of hydrogen-bond acceptors (Lipinski definition) is 0. The van der Waals surface area contributed by atoms with E-state index >= 15 is 0 Å². The minimum absolute atomic E-state index is 0.176. The minimum atomic E-state index is 0.176. The van der Waals surface area contributed by atoms with Gasteiger partial charge in [0, 0.05) is 5.38 Å². The van der Waals surface area contributed by atoms with Crippen LogP contribution in [0, 0.1) is 5.41 Å². The molecule has 0 saturated heterocycles. The molecule has 1 atom stereocenters. The lowest BCUT2D eigenvalue weighted by Gasteiger charge is -2.37. The van der Waals surface area contributed by atoms with E-state index in [0.29, 0.717) is 10.0 Å². The van der Waals surface area contributed by atoms with Gasteiger partial charge in [0.1, 0.15) is 0 Å². The predicted molar refractivity (Wildman–Crippen MR) is 81.0 cm³/mol. The summed E-state index contributed by atoms with van der Waals surface area (Å²) < 4.78 is 0. The van der Waals surface area contributed by atoms with Crippen LogP contribution in [0.3, 0.4) is 0 Å². The molecule has 1 aromatic rings. The van der Waals surface area contributed by atoms with Crippen molar-refractivity contribution < 1.29 is 0 Å². The normalized spacial score (nSPS) is 20.7. The lowest BCUT2D eigenvalue weighted by molar-refractivity contribution is 0.205. The molecule has 1 fully saturated rings. The summed E-state index contributed by atoms with van der Waals surface area (Å²) in [5.74, 6) is 0. The van der Waals surface area contributed by atoms with Crippen LogP contribution in [0.1, 0.15) is 44.6 Å². The minimum Gasteiger partial charge on any atom is -0.122 e. The molecule has 0 radical (unpaired) electrons. The van der Waals surface area contributed by atoms with E-state index in [1.807, 2.05) is 18.2 Å². The second kappa shape index (κ2) is 6.03. The van der Waals surface area contributed by atoms with Crippen LogP contribution in [-0.2, 0) is 6.42 Å². The first kappa shape index (κ1) is 14.5. The van der Waals surface area contributed by atoms with Crippen molar-refractivity contribution >= 4 is 34.8 Å². The molecular weight excluding hydrogens is 287 g/mol. The van der Waals surface area contributed by atoms with Crippen LogP contribution >= 0.6 is 34.8 Å². The molecule has 0 aromatic heterocycles. The third-order valence-corrected chi connectivity index (χ3v) is 5.57. The summed E-state index contributed by atoms with van der Waals surface area (Å²) in [7, 11) is 0. The fourth-order valence-corrected chi connectivity index (χ4v) is 3.51. The lowest BCUT2D eigenvalue weighted by atomic mass is 9.72. The van der Waals surface area contributed by atoms with Gasteiger partial charge < -0.3 is 0 Å². The topological polar surface area (TPSA) is 0 Å². The van der Waals surface area contributed by atoms with Crippen LogP contribution < -0.4 is 0 Å². The first-order valence-electron chi connectivity index (χ1n) is 6.59. The second-order valence-electron chi connectivity index (χ2n) is 5.63. The van der Waals surface area contributed by atoms with Gasteiger partial charge in [0.15, 0.2) is 0 Å². The summed E-state index contributed by atoms with van der Waals surface area (Å²) >= 11 is 18.6. The summed E-state index contributed by atoms with van der Waals surface area (Å²) in [6.45, 7) is 2.32. The molecule has 1 aromatic carbocycles. The third-order valence-electron chi connectivity index (χ3n) is 4.15. The molecule has 0 nitrogen and oxygen atoms in total. The number of rotatable bonds is 3. The molecule has 0 bridgehead atoms. The fraction of sp³-hybridized carbons (Fsp3) is 0.600. The van der Waals surface area contributed by atoms with Crippen LogP contribution in [-0.4, -0.2) is 5.38 Å². The SMILES string of the molecule is CC1(C(Cl)Cc2ccc(Cl)c(Cl)c2)CCCCC1. The lowest BCUT2D eigenvalue weighted by Crippen LogP contribution is -2.32. The van der Waals surface area contributed by atoms with Crippen LogP contribution in [0.25, 0.3) is 0 Å². The highest BCUT2D eigenvalue weighted by molar-refractivity contribution is 6.42. The Morgan fingerprint density at radius 1 is 1.11 bits per heavy atom. The molecule has 0 amide bonds. The van der Waals surface area contributed by atoms with Gasteiger partial charge in [-0.3, -0.25) is 0 Å². The third kappa shape index (κ3) is 3.35. The van der Waals surface area contributed by atoms with Crippen LogP contribution in [0.5, 0.6) is 0 Å². The highest BCUT2D eigenvalue weighted by atomic mass is 35.5. The van der Waals surface area contributed by atoms with Crippen LogP contribution in [0.15, 0.2) is 18.2 Å². The Morgan fingerprint density at radius 3 is 2.39 bits per heavy atom. The van der Waals surface area contributed by atoms with E-state index < -0.39 is 0 Å². The van der Waals surface area contributed by atoms with Gasteiger partial charge >= 0.3 is 0 Å². The summed E-state index contributed by atoms with van der Waals surface area (Å²) in [6.07, 6.45) is 7.31. The Bertz CT molecular complexity index is 408. The van der Waals surface area contributed by atoms with E-state index in [9.17, 15) is 0 Å². The van der Waals surface area contributed by atoms with Crippen molar-refractivity contribution in [2.24, 2.45) is 5.41 Å². The molecule has 0 N–H and O–H groups in total. The van der Waals surface area contributed by atoms with Gasteiger partial charge in [0.2, 0.25) is 0 Å². The van der Waals surface area contributed by atoms with Crippen molar-refractivity contribution in [2.45, 2.75) is 50.8 Å². The van der Waals surface area contributed by atoms with E-state index in [1.165, 1.54) is 37.7 Å². The Balaban J connectivity index is 2.05. The molecule has 0 aliphatic heterocycles. The van der Waals surface area contributed by atoms with Crippen LogP contribution in [0.2, 0.25) is 10.0 Å². The molecule has 2 rings (SSSR count). The quantitative estimate of drug-likeness (QED) is 0.591. The monoisotopic (exact) mass is 304 g/mol. The van der Waals surface area contributed by atoms with Gasteiger partial charge in [0.05, 0.1) is 10.0 Å². The van der Waals surface area contributed by atoms with Crippen molar-refractivity contribution in [2.75, 3.05) is 0 Å². The molecular formula is C15H19Cl3. The van der Waals surface area contributed by atoms with Crippen molar-refractivity contribution in [3.63, 3.8) is 0 Å². The standard InChI is InChI=1S/C15H19Cl3/c1-15(7-3-2-4-8-15)14(18)10-11-5-6-12(16)13(17)9-11/h5-6,9,14H,2-4,7-8,10H2,1H3. The van der Waals surface area contributed by atoms with Gasteiger partial charge in [-0.1, -0.05) is 55.5 Å². The van der Waals surface area contributed by atoms with Gasteiger partial charge in [-0.15, -0.1) is 11.6 Å². The maximum absolute atomic E-state index is 6.65. The molecule has 1 saturated carbocycles. The Hall–Kier alpha value is 0.0900. The number of benzene rings is 1. The maximum Gasteiger partial charge on any atom is 0.0595 e. The highest BCUT2D eigenvalue weighted by Crippen LogP contribution is 2.42. The first-order chi connectivity index (χ1) is 8.51. The zero-order valence-corrected chi connectivity index (χ0v) is 13.0. The van der Waals surface area contributed by atoms with Crippen LogP contribution in [0.4, 0.5) is 0 Å². The van der Waals surface area contributed by atoms with E-state index in [1.54, 1.807) is 0 Å². The zero-order chi connectivity index (χ0) is 13.2. The fourth-order valence-electron chi connectivity index (χ4n) is 2.79. The van der Waals surface area contributed by atoms with Gasteiger partial charge in [-0.2, -0.15) is 0 Å². The number of halogens is 3. The largest absolute Gasteiger partial charge is 0.122 e. The average Bonchev–Trinajstić information content (AvgIpc) is 2.35. The van der Waals surface area contributed by atoms with E-state index in [4.69, 9.17) is 34.8 Å². The molecule has 3 heteroatoms. The smallest absolute Gasteiger partial charge is 0.0595 e. The highest BCUT2D eigenvalue weighted by Gasteiger charge is 2.34. The molecule has 0 spiro atoms. The van der Waals surface area contributed by atoms with Gasteiger partial charge in [-0.05, 0) is 42.4 Å². The summed E-state index contributed by atoms with van der Waals surface area (Å²) in [4.78, 5) is 0. The first-order valence-corrected chi connectivity index (χ1v) is 7.78.